The van der Waals surface area contributed by atoms with Crippen molar-refractivity contribution in [3.8, 4) is 5.75 Å². The summed E-state index contributed by atoms with van der Waals surface area (Å²) in [6.07, 6.45) is 2.69. The van der Waals surface area contributed by atoms with Crippen LogP contribution in [0.25, 0.3) is 0 Å². The van der Waals surface area contributed by atoms with Gasteiger partial charge in [-0.15, -0.1) is 0 Å². The van der Waals surface area contributed by atoms with Crippen molar-refractivity contribution in [3.63, 3.8) is 0 Å². The maximum absolute atomic E-state index is 12.6. The Hall–Kier alpha value is -3.07. The molecule has 0 radical (unpaired) electrons. The summed E-state index contributed by atoms with van der Waals surface area (Å²) < 4.78 is 15.5. The third-order valence-electron chi connectivity index (χ3n) is 4.91. The molecule has 1 fully saturated rings. The number of benzene rings is 1. The first-order valence-electron chi connectivity index (χ1n) is 10.9. The first-order valence-corrected chi connectivity index (χ1v) is 11.7. The average Bonchev–Trinajstić information content (AvgIpc) is 3.05. The van der Waals surface area contributed by atoms with E-state index in [1.54, 1.807) is 13.8 Å². The lowest BCUT2D eigenvalue weighted by atomic mass is 10.1. The second kappa shape index (κ2) is 11.7. The van der Waals surface area contributed by atoms with Crippen LogP contribution < -0.4 is 4.74 Å². The van der Waals surface area contributed by atoms with Gasteiger partial charge in [0.25, 0.3) is 5.24 Å². The molecule has 9 heteroatoms. The molecule has 0 saturated carbocycles. The number of hydrogen-bond donors (Lipinski definition) is 0. The van der Waals surface area contributed by atoms with Crippen molar-refractivity contribution < 1.29 is 28.6 Å². The normalized spacial score (nSPS) is 15.8. The van der Waals surface area contributed by atoms with Gasteiger partial charge in [0.2, 0.25) is 5.91 Å². The second-order valence-electron chi connectivity index (χ2n) is 7.79. The van der Waals surface area contributed by atoms with Crippen LogP contribution in [0.3, 0.4) is 0 Å². The van der Waals surface area contributed by atoms with E-state index in [4.69, 9.17) is 14.2 Å². The molecule has 0 spiro atoms. The van der Waals surface area contributed by atoms with Gasteiger partial charge in [-0.05, 0) is 56.0 Å². The molecule has 1 saturated heterocycles. The molecule has 0 aliphatic carbocycles. The minimum absolute atomic E-state index is 0.347. The van der Waals surface area contributed by atoms with E-state index in [1.165, 1.54) is 5.56 Å². The largest absolute Gasteiger partial charge is 0.510 e. The van der Waals surface area contributed by atoms with Crippen LogP contribution in [0.15, 0.2) is 42.6 Å². The van der Waals surface area contributed by atoms with Gasteiger partial charge >= 0.3 is 6.16 Å². The molecule has 1 aliphatic heterocycles. The lowest BCUT2D eigenvalue weighted by Crippen LogP contribution is -2.35. The molecule has 33 heavy (non-hydrogen) atoms. The summed E-state index contributed by atoms with van der Waals surface area (Å²) >= 11 is 0.928. The summed E-state index contributed by atoms with van der Waals surface area (Å²) in [6.45, 7) is 5.52. The van der Waals surface area contributed by atoms with Gasteiger partial charge < -0.3 is 14.2 Å². The number of nitrogens with zero attached hydrogens (tertiary/aromatic N) is 2. The van der Waals surface area contributed by atoms with Gasteiger partial charge in [-0.25, -0.2) is 9.69 Å². The lowest BCUT2D eigenvalue weighted by Gasteiger charge is -2.15. The molecular weight excluding hydrogens is 444 g/mol. The number of ether oxygens (including phenoxy) is 3. The number of carbonyl (C=O) groups is 3. The van der Waals surface area contributed by atoms with Crippen molar-refractivity contribution in [3.05, 3.63) is 59.4 Å². The van der Waals surface area contributed by atoms with E-state index in [0.29, 0.717) is 19.4 Å². The Kier molecular flexibility index (Phi) is 8.71. The van der Waals surface area contributed by atoms with E-state index >= 15 is 0 Å². The Balaban J connectivity index is 1.45. The highest BCUT2D eigenvalue weighted by atomic mass is 32.2. The number of aryl methyl sites for hydroxylation is 1. The summed E-state index contributed by atoms with van der Waals surface area (Å²) in [4.78, 5) is 41.6. The molecule has 8 nitrogen and oxygen atoms in total. The number of rotatable bonds is 10. The molecule has 0 N–H and O–H groups in total. The van der Waals surface area contributed by atoms with Crippen LogP contribution in [0.4, 0.5) is 9.59 Å². The minimum atomic E-state index is -0.914. The van der Waals surface area contributed by atoms with Gasteiger partial charge in [-0.2, -0.15) is 0 Å². The van der Waals surface area contributed by atoms with E-state index in [2.05, 4.69) is 18.0 Å². The van der Waals surface area contributed by atoms with Gasteiger partial charge in [0.05, 0.1) is 18.0 Å². The van der Waals surface area contributed by atoms with Crippen LogP contribution in [-0.4, -0.2) is 51.9 Å². The Morgan fingerprint density at radius 2 is 1.85 bits per heavy atom. The van der Waals surface area contributed by atoms with E-state index in [9.17, 15) is 14.4 Å². The highest BCUT2D eigenvalue weighted by Crippen LogP contribution is 2.30. The molecule has 0 bridgehead atoms. The summed E-state index contributed by atoms with van der Waals surface area (Å²) in [5, 5.41) is -1.01. The van der Waals surface area contributed by atoms with Crippen LogP contribution in [0.5, 0.6) is 5.75 Å². The molecule has 1 unspecified atom stereocenters. The van der Waals surface area contributed by atoms with Crippen LogP contribution in [-0.2, 0) is 33.5 Å². The molecule has 176 valence electrons. The van der Waals surface area contributed by atoms with Crippen LogP contribution in [0.1, 0.15) is 37.6 Å². The molecular formula is C24H28N2O6S. The molecule has 1 aromatic heterocycles. The quantitative estimate of drug-likeness (QED) is 0.470. The Bertz CT molecular complexity index is 962. The highest BCUT2D eigenvalue weighted by molar-refractivity contribution is 8.15. The number of imide groups is 1. The summed E-state index contributed by atoms with van der Waals surface area (Å²) in [6, 6.07) is 11.5. The first kappa shape index (κ1) is 24.6. The molecule has 2 aromatic rings. The fraction of sp³-hybridized carbons (Fsp3) is 0.417. The SMILES string of the molecule is CCc1ccc(CCOc2ccc(CC3SC(=O)N(COC(=O)OC(C)C)C3=O)cc2)nc1. The maximum atomic E-state index is 12.6. The van der Waals surface area contributed by atoms with Crippen molar-refractivity contribution in [2.75, 3.05) is 13.3 Å². The summed E-state index contributed by atoms with van der Waals surface area (Å²) in [5.41, 5.74) is 3.09. The van der Waals surface area contributed by atoms with Gasteiger partial charge in [0.15, 0.2) is 6.73 Å². The Labute approximate surface area is 197 Å². The molecule has 2 heterocycles. The van der Waals surface area contributed by atoms with Gasteiger partial charge in [-0.1, -0.05) is 36.9 Å². The third-order valence-corrected chi connectivity index (χ3v) is 5.99. The number of carbonyl (C=O) groups excluding carboxylic acids is 3. The second-order valence-corrected chi connectivity index (χ2v) is 8.94. The fourth-order valence-electron chi connectivity index (χ4n) is 3.11. The van der Waals surface area contributed by atoms with Gasteiger partial charge in [-0.3, -0.25) is 14.6 Å². The minimum Gasteiger partial charge on any atom is -0.493 e. The van der Waals surface area contributed by atoms with Crippen molar-refractivity contribution in [2.45, 2.75) is 51.4 Å². The van der Waals surface area contributed by atoms with Crippen molar-refractivity contribution >= 4 is 29.1 Å². The third kappa shape index (κ3) is 7.21. The average molecular weight is 473 g/mol. The standard InChI is InChI=1S/C24H28N2O6S/c1-4-17-5-8-19(25-14-17)11-12-30-20-9-6-18(7-10-20)13-21-22(27)26(23(28)33-21)15-31-24(29)32-16(2)3/h5-10,14,16,21H,4,11-13,15H2,1-3H3. The number of thioether (sulfide) groups is 1. The van der Waals surface area contributed by atoms with Crippen LogP contribution in [0.2, 0.25) is 0 Å². The molecule has 1 aromatic carbocycles. The predicted molar refractivity (Wildman–Crippen MR) is 124 cm³/mol. The number of hydrogen-bond acceptors (Lipinski definition) is 8. The maximum Gasteiger partial charge on any atom is 0.510 e. The number of amides is 2. The van der Waals surface area contributed by atoms with Gasteiger partial charge in [0.1, 0.15) is 5.75 Å². The topological polar surface area (TPSA) is 95.0 Å². The van der Waals surface area contributed by atoms with Crippen LogP contribution in [0, 0.1) is 0 Å². The van der Waals surface area contributed by atoms with Gasteiger partial charge in [0, 0.05) is 18.3 Å². The Morgan fingerprint density at radius 1 is 1.12 bits per heavy atom. The fourth-order valence-corrected chi connectivity index (χ4v) is 4.13. The van der Waals surface area contributed by atoms with E-state index in [0.717, 1.165) is 40.1 Å². The molecule has 3 rings (SSSR count). The zero-order valence-electron chi connectivity index (χ0n) is 19.0. The molecule has 1 aliphatic rings. The van der Waals surface area contributed by atoms with Crippen molar-refractivity contribution in [1.82, 2.24) is 9.88 Å². The van der Waals surface area contributed by atoms with E-state index in [-0.39, 0.29) is 12.0 Å². The van der Waals surface area contributed by atoms with Crippen LogP contribution >= 0.6 is 11.8 Å². The monoisotopic (exact) mass is 472 g/mol. The smallest absolute Gasteiger partial charge is 0.493 e. The van der Waals surface area contributed by atoms with E-state index in [1.807, 2.05) is 36.5 Å². The van der Waals surface area contributed by atoms with E-state index < -0.39 is 23.4 Å². The summed E-state index contributed by atoms with van der Waals surface area (Å²) in [7, 11) is 0. The summed E-state index contributed by atoms with van der Waals surface area (Å²) in [5.74, 6) is 0.341. The highest BCUT2D eigenvalue weighted by Gasteiger charge is 2.40. The number of aromatic nitrogens is 1. The lowest BCUT2D eigenvalue weighted by molar-refractivity contribution is -0.129. The molecule has 1 atom stereocenters. The van der Waals surface area contributed by atoms with Crippen molar-refractivity contribution in [2.24, 2.45) is 0 Å². The molecule has 2 amide bonds. The zero-order valence-corrected chi connectivity index (χ0v) is 19.8. The number of pyridine rings is 1. The zero-order chi connectivity index (χ0) is 23.8. The predicted octanol–water partition coefficient (Wildman–Crippen LogP) is 4.39. The van der Waals surface area contributed by atoms with Crippen molar-refractivity contribution in [1.29, 1.82) is 0 Å². The Morgan fingerprint density at radius 3 is 2.48 bits per heavy atom. The first-order chi connectivity index (χ1) is 15.9.